The molecule has 3 heterocycles. The molecular weight excluding hydrogens is 342 g/mol. The molecule has 3 rings (SSSR count). The maximum atomic E-state index is 12.6. The molecule has 0 aliphatic carbocycles. The molecule has 0 spiro atoms. The molecule has 146 valence electrons. The second-order valence-corrected chi connectivity index (χ2v) is 9.32. The van der Waals surface area contributed by atoms with E-state index in [4.69, 9.17) is 0 Å². The third-order valence-electron chi connectivity index (χ3n) is 6.27. The lowest BCUT2D eigenvalue weighted by atomic mass is 9.85. The van der Waals surface area contributed by atoms with Crippen LogP contribution in [0.2, 0.25) is 0 Å². The van der Waals surface area contributed by atoms with Gasteiger partial charge < -0.3 is 10.6 Å². The molecule has 1 aromatic heterocycles. The molecule has 26 heavy (non-hydrogen) atoms. The van der Waals surface area contributed by atoms with Crippen LogP contribution in [0.4, 0.5) is 0 Å². The molecule has 5 heteroatoms. The highest BCUT2D eigenvalue weighted by Crippen LogP contribution is 2.29. The molecule has 1 aromatic rings. The average molecular weight is 378 g/mol. The van der Waals surface area contributed by atoms with E-state index < -0.39 is 0 Å². The summed E-state index contributed by atoms with van der Waals surface area (Å²) in [5.41, 5.74) is 0. The Morgan fingerprint density at radius 3 is 2.85 bits per heavy atom. The Labute approximate surface area is 162 Å². The molecule has 2 saturated heterocycles. The fourth-order valence-corrected chi connectivity index (χ4v) is 5.20. The Morgan fingerprint density at radius 2 is 2.19 bits per heavy atom. The van der Waals surface area contributed by atoms with Gasteiger partial charge >= 0.3 is 0 Å². The summed E-state index contributed by atoms with van der Waals surface area (Å²) in [5, 5.41) is 8.87. The normalized spacial score (nSPS) is 24.9. The van der Waals surface area contributed by atoms with Crippen LogP contribution in [0.25, 0.3) is 0 Å². The second-order valence-electron chi connectivity index (χ2n) is 8.34. The van der Waals surface area contributed by atoms with Crippen molar-refractivity contribution in [1.82, 2.24) is 15.5 Å². The van der Waals surface area contributed by atoms with Crippen molar-refractivity contribution >= 4 is 17.2 Å². The van der Waals surface area contributed by atoms with E-state index in [9.17, 15) is 4.79 Å². The number of piperidine rings is 2. The summed E-state index contributed by atoms with van der Waals surface area (Å²) in [6.07, 6.45) is 5.68. The lowest BCUT2D eigenvalue weighted by molar-refractivity contribution is -0.122. The smallest absolute Gasteiger partial charge is 0.220 e. The Kier molecular flexibility index (Phi) is 7.52. The Balaban J connectivity index is 1.51. The van der Waals surface area contributed by atoms with Crippen LogP contribution in [0.5, 0.6) is 0 Å². The standard InChI is InChI=1S/C21H35N3OS/c1-16-7-10-24(11-8-16)19(20-6-4-12-26-20)15-23-21(25)13-17(2)18-5-3-9-22-14-18/h4,6,12,16-19,22H,3,5,7-11,13-15H2,1-2H3,(H,23,25). The topological polar surface area (TPSA) is 44.4 Å². The van der Waals surface area contributed by atoms with Gasteiger partial charge in [0.05, 0.1) is 6.04 Å². The number of amides is 1. The van der Waals surface area contributed by atoms with Gasteiger partial charge in [0, 0.05) is 17.8 Å². The van der Waals surface area contributed by atoms with E-state index in [0.29, 0.717) is 24.3 Å². The highest BCUT2D eigenvalue weighted by Gasteiger charge is 2.27. The summed E-state index contributed by atoms with van der Waals surface area (Å²) in [4.78, 5) is 16.5. The first-order valence-corrected chi connectivity index (χ1v) is 11.3. The zero-order valence-corrected chi connectivity index (χ0v) is 17.2. The van der Waals surface area contributed by atoms with E-state index in [1.54, 1.807) is 0 Å². The number of nitrogens with zero attached hydrogens (tertiary/aromatic N) is 1. The first-order valence-electron chi connectivity index (χ1n) is 10.4. The lowest BCUT2D eigenvalue weighted by Gasteiger charge is -2.36. The van der Waals surface area contributed by atoms with Crippen molar-refractivity contribution in [3.63, 3.8) is 0 Å². The van der Waals surface area contributed by atoms with Crippen molar-refractivity contribution in [2.45, 2.75) is 52.0 Å². The largest absolute Gasteiger partial charge is 0.354 e. The Morgan fingerprint density at radius 1 is 1.38 bits per heavy atom. The van der Waals surface area contributed by atoms with Crippen molar-refractivity contribution < 1.29 is 4.79 Å². The van der Waals surface area contributed by atoms with E-state index in [0.717, 1.165) is 38.6 Å². The van der Waals surface area contributed by atoms with Gasteiger partial charge in [-0.25, -0.2) is 0 Å². The van der Waals surface area contributed by atoms with E-state index in [1.807, 2.05) is 11.3 Å². The SMILES string of the molecule is CC1CCN(C(CNC(=O)CC(C)C2CCCNC2)c2cccs2)CC1. The molecular formula is C21H35N3OS. The predicted molar refractivity (Wildman–Crippen MR) is 109 cm³/mol. The van der Waals surface area contributed by atoms with Crippen LogP contribution < -0.4 is 10.6 Å². The van der Waals surface area contributed by atoms with Crippen LogP contribution in [-0.2, 0) is 4.79 Å². The van der Waals surface area contributed by atoms with Gasteiger partial charge in [-0.15, -0.1) is 11.3 Å². The number of thiophene rings is 1. The van der Waals surface area contributed by atoms with Crippen LogP contribution in [-0.4, -0.2) is 43.5 Å². The molecule has 2 aliphatic heterocycles. The zero-order valence-electron chi connectivity index (χ0n) is 16.4. The van der Waals surface area contributed by atoms with Gasteiger partial charge in [-0.05, 0) is 81.1 Å². The average Bonchev–Trinajstić information content (AvgIpc) is 3.18. The minimum absolute atomic E-state index is 0.218. The Bertz CT molecular complexity index is 533. The molecule has 2 aliphatic rings. The van der Waals surface area contributed by atoms with Crippen LogP contribution >= 0.6 is 11.3 Å². The molecule has 4 nitrogen and oxygen atoms in total. The maximum Gasteiger partial charge on any atom is 0.220 e. The van der Waals surface area contributed by atoms with Gasteiger partial charge in [-0.3, -0.25) is 9.69 Å². The van der Waals surface area contributed by atoms with E-state index >= 15 is 0 Å². The Hall–Kier alpha value is -0.910. The third-order valence-corrected chi connectivity index (χ3v) is 7.24. The third kappa shape index (κ3) is 5.54. The quantitative estimate of drug-likeness (QED) is 0.762. The molecule has 3 atom stereocenters. The summed E-state index contributed by atoms with van der Waals surface area (Å²) in [6, 6.07) is 4.67. The minimum atomic E-state index is 0.218. The van der Waals surface area contributed by atoms with Gasteiger partial charge in [-0.2, -0.15) is 0 Å². The first kappa shape index (κ1) is 19.8. The summed E-state index contributed by atoms with van der Waals surface area (Å²) in [7, 11) is 0. The lowest BCUT2D eigenvalue weighted by Crippen LogP contribution is -2.42. The molecule has 2 N–H and O–H groups in total. The summed E-state index contributed by atoms with van der Waals surface area (Å²) < 4.78 is 0. The fourth-order valence-electron chi connectivity index (χ4n) is 4.34. The predicted octanol–water partition coefficient (Wildman–Crippen LogP) is 3.66. The molecule has 3 unspecified atom stereocenters. The van der Waals surface area contributed by atoms with Gasteiger partial charge in [0.25, 0.3) is 0 Å². The molecule has 0 radical (unpaired) electrons. The molecule has 0 aromatic carbocycles. The minimum Gasteiger partial charge on any atom is -0.354 e. The maximum absolute atomic E-state index is 12.6. The van der Waals surface area contributed by atoms with Crippen molar-refractivity contribution in [3.8, 4) is 0 Å². The summed E-state index contributed by atoms with van der Waals surface area (Å²) >= 11 is 1.81. The molecule has 1 amide bonds. The molecule has 0 saturated carbocycles. The number of carbonyl (C=O) groups is 1. The number of rotatable bonds is 7. The first-order chi connectivity index (χ1) is 12.6. The van der Waals surface area contributed by atoms with Crippen molar-refractivity contribution in [2.75, 3.05) is 32.7 Å². The van der Waals surface area contributed by atoms with Crippen molar-refractivity contribution in [2.24, 2.45) is 17.8 Å². The van der Waals surface area contributed by atoms with E-state index in [1.165, 1.54) is 30.6 Å². The van der Waals surface area contributed by atoms with Crippen LogP contribution in [0.1, 0.15) is 56.9 Å². The summed E-state index contributed by atoms with van der Waals surface area (Å²) in [5.74, 6) is 2.15. The number of carbonyl (C=O) groups excluding carboxylic acids is 1. The van der Waals surface area contributed by atoms with Crippen molar-refractivity contribution in [3.05, 3.63) is 22.4 Å². The van der Waals surface area contributed by atoms with Crippen LogP contribution in [0.15, 0.2) is 17.5 Å². The van der Waals surface area contributed by atoms with Gasteiger partial charge in [0.15, 0.2) is 0 Å². The number of nitrogens with one attached hydrogen (secondary N) is 2. The van der Waals surface area contributed by atoms with Crippen molar-refractivity contribution in [1.29, 1.82) is 0 Å². The van der Waals surface area contributed by atoms with Gasteiger partial charge in [-0.1, -0.05) is 19.9 Å². The van der Waals surface area contributed by atoms with E-state index in [2.05, 4.69) is 46.9 Å². The van der Waals surface area contributed by atoms with Crippen LogP contribution in [0, 0.1) is 17.8 Å². The van der Waals surface area contributed by atoms with E-state index in [-0.39, 0.29) is 5.91 Å². The summed E-state index contributed by atoms with van der Waals surface area (Å²) in [6.45, 7) is 9.81. The molecule has 2 fully saturated rings. The zero-order chi connectivity index (χ0) is 18.4. The second kappa shape index (κ2) is 9.86. The van der Waals surface area contributed by atoms with Gasteiger partial charge in [0.1, 0.15) is 0 Å². The number of hydrogen-bond donors (Lipinski definition) is 2. The number of hydrogen-bond acceptors (Lipinski definition) is 4. The fraction of sp³-hybridized carbons (Fsp3) is 0.762. The monoisotopic (exact) mass is 377 g/mol. The van der Waals surface area contributed by atoms with Gasteiger partial charge in [0.2, 0.25) is 5.91 Å². The van der Waals surface area contributed by atoms with Crippen LogP contribution in [0.3, 0.4) is 0 Å². The number of likely N-dealkylation sites (tertiary alicyclic amines) is 1. The molecule has 0 bridgehead atoms. The highest BCUT2D eigenvalue weighted by atomic mass is 32.1. The highest BCUT2D eigenvalue weighted by molar-refractivity contribution is 7.10.